The maximum absolute atomic E-state index is 14.1. The van der Waals surface area contributed by atoms with Crippen LogP contribution in [0.4, 0.5) is 14.9 Å². The van der Waals surface area contributed by atoms with Gasteiger partial charge in [0.1, 0.15) is 11.6 Å². The lowest BCUT2D eigenvalue weighted by atomic mass is 9.79. The molecule has 1 fully saturated rings. The van der Waals surface area contributed by atoms with Gasteiger partial charge in [-0.15, -0.1) is 0 Å². The molecule has 2 aliphatic heterocycles. The quantitative estimate of drug-likeness (QED) is 0.490. The Bertz CT molecular complexity index is 1140. The summed E-state index contributed by atoms with van der Waals surface area (Å²) in [5.41, 5.74) is 3.44. The molecule has 4 rings (SSSR count). The van der Waals surface area contributed by atoms with Crippen LogP contribution >= 0.6 is 11.8 Å². The second-order valence-electron chi connectivity index (χ2n) is 9.17. The highest BCUT2D eigenvalue weighted by Gasteiger charge is 2.38. The molecule has 0 bridgehead atoms. The molecule has 1 atom stereocenters. The van der Waals surface area contributed by atoms with Crippen LogP contribution < -0.4 is 9.64 Å². The van der Waals surface area contributed by atoms with Gasteiger partial charge in [0.2, 0.25) is 0 Å². The number of carbonyl (C=O) groups is 2. The van der Waals surface area contributed by atoms with E-state index in [9.17, 15) is 14.0 Å². The fourth-order valence-electron chi connectivity index (χ4n) is 4.99. The van der Waals surface area contributed by atoms with Gasteiger partial charge in [0.25, 0.3) is 11.1 Å². The number of imide groups is 1. The van der Waals surface area contributed by atoms with Crippen LogP contribution in [0.2, 0.25) is 0 Å². The molecule has 0 aliphatic carbocycles. The maximum atomic E-state index is 14.1. The Kier molecular flexibility index (Phi) is 6.27. The Hall–Kier alpha value is -2.80. The van der Waals surface area contributed by atoms with E-state index < -0.39 is 17.0 Å². The number of carbonyl (C=O) groups excluding carboxylic acids is 2. The number of amides is 2. The smallest absolute Gasteiger partial charge is 0.293 e. The van der Waals surface area contributed by atoms with Crippen molar-refractivity contribution in [2.24, 2.45) is 0 Å². The predicted molar refractivity (Wildman–Crippen MR) is 131 cm³/mol. The normalized spacial score (nSPS) is 21.0. The van der Waals surface area contributed by atoms with Crippen LogP contribution in [0, 0.1) is 5.82 Å². The number of anilines is 1. The lowest BCUT2D eigenvalue weighted by molar-refractivity contribution is -0.123. The molecule has 0 N–H and O–H groups in total. The van der Waals surface area contributed by atoms with E-state index >= 15 is 0 Å². The Morgan fingerprint density at radius 2 is 1.97 bits per heavy atom. The summed E-state index contributed by atoms with van der Waals surface area (Å²) in [4.78, 5) is 29.4. The molecule has 0 aromatic heterocycles. The van der Waals surface area contributed by atoms with Gasteiger partial charge in [-0.2, -0.15) is 0 Å². The van der Waals surface area contributed by atoms with Crippen molar-refractivity contribution in [2.75, 3.05) is 18.6 Å². The highest BCUT2D eigenvalue weighted by Crippen LogP contribution is 2.46. The van der Waals surface area contributed by atoms with Gasteiger partial charge in [0, 0.05) is 35.0 Å². The first-order chi connectivity index (χ1) is 15.7. The first-order valence-corrected chi connectivity index (χ1v) is 12.0. The minimum absolute atomic E-state index is 0.0308. The van der Waals surface area contributed by atoms with Crippen LogP contribution in [0.1, 0.15) is 56.7 Å². The molecule has 2 heterocycles. The summed E-state index contributed by atoms with van der Waals surface area (Å²) in [6.45, 7) is 9.65. The predicted octanol–water partition coefficient (Wildman–Crippen LogP) is 6.18. The molecule has 2 amide bonds. The van der Waals surface area contributed by atoms with Gasteiger partial charge in [-0.3, -0.25) is 14.5 Å². The molecule has 174 valence electrons. The third-order valence-corrected chi connectivity index (χ3v) is 7.41. The van der Waals surface area contributed by atoms with Crippen molar-refractivity contribution in [1.82, 2.24) is 4.90 Å². The first kappa shape index (κ1) is 23.4. The zero-order valence-corrected chi connectivity index (χ0v) is 20.5. The molecular formula is C26H29FN2O3S. The van der Waals surface area contributed by atoms with Crippen molar-refractivity contribution >= 4 is 34.7 Å². The van der Waals surface area contributed by atoms with E-state index in [1.807, 2.05) is 6.07 Å². The van der Waals surface area contributed by atoms with Crippen molar-refractivity contribution in [3.8, 4) is 5.75 Å². The van der Waals surface area contributed by atoms with Crippen LogP contribution in [0.3, 0.4) is 0 Å². The summed E-state index contributed by atoms with van der Waals surface area (Å²) in [6.07, 6.45) is 2.73. The number of rotatable bonds is 5. The highest BCUT2D eigenvalue weighted by molar-refractivity contribution is 8.18. The second kappa shape index (κ2) is 8.86. The number of benzene rings is 2. The van der Waals surface area contributed by atoms with Crippen LogP contribution in [-0.2, 0) is 11.3 Å². The fourth-order valence-corrected chi connectivity index (χ4v) is 5.82. The number of thioether (sulfide) groups is 1. The largest absolute Gasteiger partial charge is 0.496 e. The van der Waals surface area contributed by atoms with Gasteiger partial charge in [0.15, 0.2) is 0 Å². The van der Waals surface area contributed by atoms with Crippen LogP contribution in [-0.4, -0.2) is 35.2 Å². The lowest BCUT2D eigenvalue weighted by Gasteiger charge is -2.47. The Morgan fingerprint density at radius 3 is 2.64 bits per heavy atom. The summed E-state index contributed by atoms with van der Waals surface area (Å²) in [7, 11) is 1.61. The van der Waals surface area contributed by atoms with E-state index in [4.69, 9.17) is 4.74 Å². The van der Waals surface area contributed by atoms with E-state index in [0.29, 0.717) is 22.1 Å². The van der Waals surface area contributed by atoms with Crippen LogP contribution in [0.5, 0.6) is 5.75 Å². The average Bonchev–Trinajstić information content (AvgIpc) is 3.02. The van der Waals surface area contributed by atoms with Gasteiger partial charge in [-0.05, 0) is 68.6 Å². The van der Waals surface area contributed by atoms with Gasteiger partial charge >= 0.3 is 0 Å². The number of methoxy groups -OCH3 is 1. The van der Waals surface area contributed by atoms with Crippen molar-refractivity contribution in [3.05, 3.63) is 63.8 Å². The molecule has 0 saturated carbocycles. The van der Waals surface area contributed by atoms with E-state index in [0.717, 1.165) is 40.9 Å². The zero-order valence-electron chi connectivity index (χ0n) is 19.6. The molecule has 0 radical (unpaired) electrons. The zero-order chi connectivity index (χ0) is 23.9. The number of ether oxygens (including phenoxy) is 1. The Morgan fingerprint density at radius 1 is 1.24 bits per heavy atom. The Balaban J connectivity index is 1.69. The lowest BCUT2D eigenvalue weighted by Crippen LogP contribution is -2.48. The van der Waals surface area contributed by atoms with Gasteiger partial charge < -0.3 is 9.64 Å². The number of fused-ring (bicyclic) bond motifs is 1. The number of nitrogens with zero attached hydrogens (tertiary/aromatic N) is 2. The summed E-state index contributed by atoms with van der Waals surface area (Å²) in [5, 5.41) is -0.404. The maximum Gasteiger partial charge on any atom is 0.293 e. The number of hydrogen-bond acceptors (Lipinski definition) is 5. The van der Waals surface area contributed by atoms with E-state index in [-0.39, 0.29) is 12.1 Å². The van der Waals surface area contributed by atoms with Crippen molar-refractivity contribution in [3.63, 3.8) is 0 Å². The summed E-state index contributed by atoms with van der Waals surface area (Å²) in [5.74, 6) is 0.136. The molecule has 7 heteroatoms. The van der Waals surface area contributed by atoms with Crippen molar-refractivity contribution in [2.45, 2.75) is 52.1 Å². The molecule has 33 heavy (non-hydrogen) atoms. The van der Waals surface area contributed by atoms with Gasteiger partial charge in [-0.25, -0.2) is 4.39 Å². The molecule has 2 aliphatic rings. The third-order valence-electron chi connectivity index (χ3n) is 6.50. The summed E-state index contributed by atoms with van der Waals surface area (Å²) < 4.78 is 19.7. The minimum Gasteiger partial charge on any atom is -0.496 e. The first-order valence-electron chi connectivity index (χ1n) is 11.1. The van der Waals surface area contributed by atoms with E-state index in [1.54, 1.807) is 31.4 Å². The molecule has 2 aromatic rings. The minimum atomic E-state index is -0.436. The average molecular weight is 469 g/mol. The second-order valence-corrected chi connectivity index (χ2v) is 10.2. The topological polar surface area (TPSA) is 49.9 Å². The molecule has 5 nitrogen and oxygen atoms in total. The van der Waals surface area contributed by atoms with Crippen LogP contribution in [0.15, 0.2) is 41.3 Å². The monoisotopic (exact) mass is 468 g/mol. The highest BCUT2D eigenvalue weighted by atomic mass is 32.2. The molecule has 1 unspecified atom stereocenters. The van der Waals surface area contributed by atoms with E-state index in [2.05, 4.69) is 38.7 Å². The standard InChI is InChI=1S/C26H29FN2O3S/c1-6-29-21-13-22(32-5)18(11-19(21)16(2)14-26(29,3)4)12-23-24(30)28(25(31)33-23)15-17-9-7-8-10-20(17)27/h7-13,16H,6,14-15H2,1-5H3/b23-12+. The number of hydrogen-bond donors (Lipinski definition) is 0. The fraction of sp³-hybridized carbons (Fsp3) is 0.385. The molecule has 1 saturated heterocycles. The van der Waals surface area contributed by atoms with Gasteiger partial charge in [-0.1, -0.05) is 25.1 Å². The number of halogens is 1. The third kappa shape index (κ3) is 4.26. The van der Waals surface area contributed by atoms with Crippen molar-refractivity contribution < 1.29 is 18.7 Å². The summed E-state index contributed by atoms with van der Waals surface area (Å²) in [6, 6.07) is 10.3. The van der Waals surface area contributed by atoms with Crippen molar-refractivity contribution in [1.29, 1.82) is 0 Å². The molecule has 0 spiro atoms. The Labute approximate surface area is 198 Å². The molecular weight excluding hydrogens is 439 g/mol. The van der Waals surface area contributed by atoms with E-state index in [1.165, 1.54) is 11.6 Å². The SMILES string of the molecule is CCN1c2cc(OC)c(/C=C3/SC(=O)N(Cc4ccccc4F)C3=O)cc2C(C)CC1(C)C. The summed E-state index contributed by atoms with van der Waals surface area (Å²) >= 11 is 0.874. The van der Waals surface area contributed by atoms with Gasteiger partial charge in [0.05, 0.1) is 18.6 Å². The molecule has 2 aromatic carbocycles. The van der Waals surface area contributed by atoms with Crippen LogP contribution in [0.25, 0.3) is 6.08 Å².